The van der Waals surface area contributed by atoms with Crippen molar-refractivity contribution in [3.63, 3.8) is 0 Å². The van der Waals surface area contributed by atoms with Crippen molar-refractivity contribution in [3.05, 3.63) is 12.3 Å². The van der Waals surface area contributed by atoms with Crippen LogP contribution in [-0.2, 0) is 4.79 Å². The predicted octanol–water partition coefficient (Wildman–Crippen LogP) is 4.05. The van der Waals surface area contributed by atoms with E-state index in [0.29, 0.717) is 35.1 Å². The molecule has 7 nitrogen and oxygen atoms in total. The van der Waals surface area contributed by atoms with Gasteiger partial charge in [-0.05, 0) is 32.0 Å². The average molecular weight is 390 g/mol. The van der Waals surface area contributed by atoms with Crippen LogP contribution < -0.4 is 19.5 Å². The summed E-state index contributed by atoms with van der Waals surface area (Å²) in [5.41, 5.74) is 1.00. The standard InChI is InChI=1S/C21H30N2O5/c1-15(24)22-17-18(25-2)16-9-13-27-19(16)21(26-3)20(17)28-14-12-23-10-7-5-4-6-8-11-23/h9,13H,4-8,10-12,14H2,1-3H3,(H,22,24). The van der Waals surface area contributed by atoms with Gasteiger partial charge in [0.05, 0.1) is 25.9 Å². The van der Waals surface area contributed by atoms with Gasteiger partial charge in [0.15, 0.2) is 17.1 Å². The highest BCUT2D eigenvalue weighted by Gasteiger charge is 2.25. The topological polar surface area (TPSA) is 73.2 Å². The zero-order valence-electron chi connectivity index (χ0n) is 17.0. The highest BCUT2D eigenvalue weighted by molar-refractivity contribution is 6.03. The minimum Gasteiger partial charge on any atom is -0.494 e. The Morgan fingerprint density at radius 3 is 2.39 bits per heavy atom. The molecule has 1 aliphatic heterocycles. The maximum Gasteiger partial charge on any atom is 0.221 e. The first-order chi connectivity index (χ1) is 13.7. The third-order valence-electron chi connectivity index (χ3n) is 5.09. The predicted molar refractivity (Wildman–Crippen MR) is 109 cm³/mol. The number of rotatable bonds is 7. The molecule has 0 unspecified atom stereocenters. The third-order valence-corrected chi connectivity index (χ3v) is 5.09. The van der Waals surface area contributed by atoms with Crippen LogP contribution in [0.25, 0.3) is 11.0 Å². The minimum absolute atomic E-state index is 0.211. The molecule has 0 spiro atoms. The van der Waals surface area contributed by atoms with Gasteiger partial charge < -0.3 is 23.9 Å². The highest BCUT2D eigenvalue weighted by Crippen LogP contribution is 2.49. The molecule has 0 saturated carbocycles. The number of nitrogens with one attached hydrogen (secondary N) is 1. The Kier molecular flexibility index (Phi) is 7.03. The van der Waals surface area contributed by atoms with Crippen LogP contribution in [0.1, 0.15) is 39.0 Å². The molecule has 0 atom stereocenters. The lowest BCUT2D eigenvalue weighted by molar-refractivity contribution is -0.114. The van der Waals surface area contributed by atoms with Crippen LogP contribution in [0.2, 0.25) is 0 Å². The summed E-state index contributed by atoms with van der Waals surface area (Å²) in [5, 5.41) is 3.55. The quantitative estimate of drug-likeness (QED) is 0.769. The Hall–Kier alpha value is -2.41. The number of methoxy groups -OCH3 is 2. The molecule has 1 aromatic heterocycles. The molecule has 0 aliphatic carbocycles. The van der Waals surface area contributed by atoms with Gasteiger partial charge in [-0.2, -0.15) is 0 Å². The summed E-state index contributed by atoms with van der Waals surface area (Å²) in [4.78, 5) is 14.2. The Labute approximate surface area is 165 Å². The zero-order chi connectivity index (χ0) is 19.9. The van der Waals surface area contributed by atoms with E-state index in [1.165, 1.54) is 39.0 Å². The maximum absolute atomic E-state index is 11.8. The number of carbonyl (C=O) groups excluding carboxylic acids is 1. The second kappa shape index (κ2) is 9.68. The monoisotopic (exact) mass is 390 g/mol. The summed E-state index contributed by atoms with van der Waals surface area (Å²) in [6.45, 7) is 4.95. The van der Waals surface area contributed by atoms with Crippen molar-refractivity contribution in [2.75, 3.05) is 45.8 Å². The summed E-state index contributed by atoms with van der Waals surface area (Å²) in [6.07, 6.45) is 7.95. The fourth-order valence-corrected chi connectivity index (χ4v) is 3.76. The van der Waals surface area contributed by atoms with Gasteiger partial charge in [0.25, 0.3) is 0 Å². The van der Waals surface area contributed by atoms with E-state index in [4.69, 9.17) is 18.6 Å². The zero-order valence-corrected chi connectivity index (χ0v) is 17.0. The molecule has 1 amide bonds. The Bertz CT molecular complexity index is 794. The van der Waals surface area contributed by atoms with Gasteiger partial charge in [-0.15, -0.1) is 0 Å². The first kappa shape index (κ1) is 20.3. The molecular weight excluding hydrogens is 360 g/mol. The molecule has 2 aromatic rings. The van der Waals surface area contributed by atoms with Crippen molar-refractivity contribution in [1.82, 2.24) is 4.90 Å². The van der Waals surface area contributed by atoms with E-state index in [0.717, 1.165) is 25.0 Å². The van der Waals surface area contributed by atoms with Crippen LogP contribution in [0.15, 0.2) is 16.7 Å². The van der Waals surface area contributed by atoms with Crippen molar-refractivity contribution in [2.24, 2.45) is 0 Å². The van der Waals surface area contributed by atoms with Gasteiger partial charge in [-0.3, -0.25) is 9.69 Å². The van der Waals surface area contributed by atoms with E-state index in [9.17, 15) is 4.79 Å². The van der Waals surface area contributed by atoms with Crippen LogP contribution >= 0.6 is 0 Å². The van der Waals surface area contributed by atoms with Crippen molar-refractivity contribution in [3.8, 4) is 17.2 Å². The molecule has 154 valence electrons. The lowest BCUT2D eigenvalue weighted by Crippen LogP contribution is -2.31. The van der Waals surface area contributed by atoms with Gasteiger partial charge in [0, 0.05) is 13.5 Å². The summed E-state index contributed by atoms with van der Waals surface area (Å²) < 4.78 is 22.9. The van der Waals surface area contributed by atoms with Crippen LogP contribution in [0, 0.1) is 0 Å². The van der Waals surface area contributed by atoms with Crippen LogP contribution in [-0.4, -0.2) is 51.3 Å². The number of hydrogen-bond acceptors (Lipinski definition) is 6. The fraction of sp³-hybridized carbons (Fsp3) is 0.571. The molecule has 28 heavy (non-hydrogen) atoms. The summed E-state index contributed by atoms with van der Waals surface area (Å²) in [7, 11) is 3.12. The molecule has 3 rings (SSSR count). The molecule has 1 saturated heterocycles. The maximum atomic E-state index is 11.8. The number of carbonyl (C=O) groups is 1. The molecule has 1 fully saturated rings. The average Bonchev–Trinajstić information content (AvgIpc) is 3.12. The van der Waals surface area contributed by atoms with E-state index in [1.807, 2.05) is 0 Å². The number of hydrogen-bond donors (Lipinski definition) is 1. The highest BCUT2D eigenvalue weighted by atomic mass is 16.5. The number of nitrogens with zero attached hydrogens (tertiary/aromatic N) is 1. The smallest absolute Gasteiger partial charge is 0.221 e. The Balaban J connectivity index is 1.86. The second-order valence-electron chi connectivity index (χ2n) is 7.07. The van der Waals surface area contributed by atoms with Crippen molar-refractivity contribution in [1.29, 1.82) is 0 Å². The normalized spacial score (nSPS) is 15.7. The number of anilines is 1. The van der Waals surface area contributed by atoms with Crippen LogP contribution in [0.4, 0.5) is 5.69 Å². The molecule has 1 aliphatic rings. The van der Waals surface area contributed by atoms with Crippen molar-refractivity contribution in [2.45, 2.75) is 39.0 Å². The SMILES string of the molecule is COc1c(NC(C)=O)c(OCCN2CCCCCCC2)c(OC)c2occc12. The van der Waals surface area contributed by atoms with E-state index in [-0.39, 0.29) is 5.91 Å². The number of likely N-dealkylation sites (tertiary alicyclic amines) is 1. The summed E-state index contributed by atoms with van der Waals surface area (Å²) in [6, 6.07) is 1.78. The lowest BCUT2D eigenvalue weighted by atomic mass is 10.1. The third kappa shape index (κ3) is 4.52. The summed E-state index contributed by atoms with van der Waals surface area (Å²) in [5.74, 6) is 1.18. The Morgan fingerprint density at radius 2 is 1.75 bits per heavy atom. The van der Waals surface area contributed by atoms with Gasteiger partial charge in [0.1, 0.15) is 12.3 Å². The first-order valence-corrected chi connectivity index (χ1v) is 9.93. The number of furan rings is 1. The fourth-order valence-electron chi connectivity index (χ4n) is 3.76. The first-order valence-electron chi connectivity index (χ1n) is 9.93. The minimum atomic E-state index is -0.211. The van der Waals surface area contributed by atoms with Gasteiger partial charge >= 0.3 is 0 Å². The van der Waals surface area contributed by atoms with Crippen LogP contribution in [0.3, 0.4) is 0 Å². The molecule has 0 bridgehead atoms. The molecule has 7 heteroatoms. The van der Waals surface area contributed by atoms with Gasteiger partial charge in [-0.25, -0.2) is 0 Å². The van der Waals surface area contributed by atoms with E-state index >= 15 is 0 Å². The molecule has 2 heterocycles. The lowest BCUT2D eigenvalue weighted by Gasteiger charge is -2.25. The Morgan fingerprint density at radius 1 is 1.07 bits per heavy atom. The molecule has 1 N–H and O–H groups in total. The molecule has 0 radical (unpaired) electrons. The van der Waals surface area contributed by atoms with E-state index in [1.54, 1.807) is 26.5 Å². The number of ether oxygens (including phenoxy) is 3. The number of fused-ring (bicyclic) bond motifs is 1. The summed E-state index contributed by atoms with van der Waals surface area (Å²) >= 11 is 0. The van der Waals surface area contributed by atoms with Crippen LogP contribution in [0.5, 0.6) is 17.2 Å². The molecular formula is C21H30N2O5. The van der Waals surface area contributed by atoms with Crippen molar-refractivity contribution < 1.29 is 23.4 Å². The largest absolute Gasteiger partial charge is 0.494 e. The number of benzene rings is 1. The van der Waals surface area contributed by atoms with Crippen molar-refractivity contribution >= 4 is 22.6 Å². The second-order valence-corrected chi connectivity index (χ2v) is 7.07. The van der Waals surface area contributed by atoms with Gasteiger partial charge in [0.2, 0.25) is 11.7 Å². The number of amides is 1. The van der Waals surface area contributed by atoms with E-state index in [2.05, 4.69) is 10.2 Å². The van der Waals surface area contributed by atoms with E-state index < -0.39 is 0 Å². The molecule has 1 aromatic carbocycles. The van der Waals surface area contributed by atoms with Gasteiger partial charge in [-0.1, -0.05) is 19.3 Å².